The van der Waals surface area contributed by atoms with Crippen molar-refractivity contribution in [2.75, 3.05) is 5.32 Å². The van der Waals surface area contributed by atoms with E-state index < -0.39 is 0 Å². The van der Waals surface area contributed by atoms with Crippen LogP contribution in [-0.4, -0.2) is 15.9 Å². The maximum Gasteiger partial charge on any atom is 0.224 e. The lowest BCUT2D eigenvalue weighted by Gasteiger charge is -2.10. The summed E-state index contributed by atoms with van der Waals surface area (Å²) in [7, 11) is 0. The van der Waals surface area contributed by atoms with Gasteiger partial charge in [0.05, 0.1) is 10.7 Å². The molecule has 0 unspecified atom stereocenters. The zero-order chi connectivity index (χ0) is 16.9. The first kappa shape index (κ1) is 16.3. The number of hydrogen-bond donors (Lipinski definition) is 1. The van der Waals surface area contributed by atoms with Gasteiger partial charge < -0.3 is 5.32 Å². The molecule has 0 atom stereocenters. The normalized spacial score (nSPS) is 10.6. The van der Waals surface area contributed by atoms with Gasteiger partial charge in [-0.1, -0.05) is 18.2 Å². The van der Waals surface area contributed by atoms with Crippen molar-refractivity contribution in [1.29, 1.82) is 0 Å². The van der Waals surface area contributed by atoms with Crippen LogP contribution in [0.5, 0.6) is 0 Å². The van der Waals surface area contributed by atoms with Crippen molar-refractivity contribution in [1.82, 2.24) is 9.97 Å². The van der Waals surface area contributed by atoms with Gasteiger partial charge in [0.2, 0.25) is 5.91 Å². The summed E-state index contributed by atoms with van der Waals surface area (Å²) in [5.41, 5.74) is 4.99. The number of carbonyl (C=O) groups is 1. The molecule has 2 heterocycles. The molecular formula is C19H19N3OS. The highest BCUT2D eigenvalue weighted by atomic mass is 32.1. The molecule has 4 nitrogen and oxygen atoms in total. The highest BCUT2D eigenvalue weighted by molar-refractivity contribution is 7.09. The zero-order valence-electron chi connectivity index (χ0n) is 13.7. The van der Waals surface area contributed by atoms with E-state index in [9.17, 15) is 4.79 Å². The minimum absolute atomic E-state index is 0.0190. The summed E-state index contributed by atoms with van der Waals surface area (Å²) < 4.78 is 0. The molecule has 2 aromatic heterocycles. The standard InChI is InChI=1S/C19H19N3OS/c1-13-5-3-6-14(2)19(13)22-17(23)8-9-18-21-16(12-24-18)15-7-4-10-20-11-15/h3-7,10-12H,8-9H2,1-2H3,(H,22,23). The van der Waals surface area contributed by atoms with E-state index in [0.29, 0.717) is 12.8 Å². The summed E-state index contributed by atoms with van der Waals surface area (Å²) in [6, 6.07) is 9.88. The predicted octanol–water partition coefficient (Wildman–Crippen LogP) is 4.39. The number of pyridine rings is 1. The summed E-state index contributed by atoms with van der Waals surface area (Å²) in [5, 5.41) is 5.99. The maximum atomic E-state index is 12.2. The Morgan fingerprint density at radius 1 is 1.17 bits per heavy atom. The van der Waals surface area contributed by atoms with E-state index in [-0.39, 0.29) is 5.91 Å². The summed E-state index contributed by atoms with van der Waals surface area (Å²) in [6.07, 6.45) is 4.61. The Kier molecular flexibility index (Phi) is 5.01. The van der Waals surface area contributed by atoms with Gasteiger partial charge in [0.15, 0.2) is 0 Å². The van der Waals surface area contributed by atoms with Crippen LogP contribution >= 0.6 is 11.3 Å². The molecule has 5 heteroatoms. The molecule has 1 N–H and O–H groups in total. The number of aromatic nitrogens is 2. The average molecular weight is 337 g/mol. The largest absolute Gasteiger partial charge is 0.326 e. The molecule has 0 aliphatic rings. The quantitative estimate of drug-likeness (QED) is 0.751. The van der Waals surface area contributed by atoms with Gasteiger partial charge in [-0.05, 0) is 37.1 Å². The van der Waals surface area contributed by atoms with Crippen LogP contribution in [0.4, 0.5) is 5.69 Å². The first-order valence-electron chi connectivity index (χ1n) is 7.84. The van der Waals surface area contributed by atoms with Crippen LogP contribution in [0.15, 0.2) is 48.1 Å². The van der Waals surface area contributed by atoms with E-state index in [2.05, 4.69) is 15.3 Å². The minimum Gasteiger partial charge on any atom is -0.326 e. The van der Waals surface area contributed by atoms with Gasteiger partial charge in [-0.15, -0.1) is 11.3 Å². The molecule has 0 aliphatic carbocycles. The Morgan fingerprint density at radius 3 is 2.67 bits per heavy atom. The van der Waals surface area contributed by atoms with Crippen molar-refractivity contribution in [3.63, 3.8) is 0 Å². The lowest BCUT2D eigenvalue weighted by Crippen LogP contribution is -2.14. The van der Waals surface area contributed by atoms with Crippen LogP contribution in [0.25, 0.3) is 11.3 Å². The van der Waals surface area contributed by atoms with Crippen molar-refractivity contribution in [3.05, 3.63) is 64.2 Å². The fourth-order valence-electron chi connectivity index (χ4n) is 2.51. The summed E-state index contributed by atoms with van der Waals surface area (Å²) in [5.74, 6) is 0.0190. The SMILES string of the molecule is Cc1cccc(C)c1NC(=O)CCc1nc(-c2cccnc2)cs1. The Hall–Kier alpha value is -2.53. The molecular weight excluding hydrogens is 318 g/mol. The van der Waals surface area contributed by atoms with Crippen molar-refractivity contribution >= 4 is 22.9 Å². The number of para-hydroxylation sites is 1. The molecule has 1 amide bonds. The molecule has 0 fully saturated rings. The van der Waals surface area contributed by atoms with Crippen molar-refractivity contribution in [2.24, 2.45) is 0 Å². The third kappa shape index (κ3) is 3.86. The smallest absolute Gasteiger partial charge is 0.224 e. The van der Waals surface area contributed by atoms with Gasteiger partial charge in [-0.2, -0.15) is 0 Å². The second kappa shape index (κ2) is 7.36. The number of nitrogens with zero attached hydrogens (tertiary/aromatic N) is 2. The average Bonchev–Trinajstić information content (AvgIpc) is 3.06. The zero-order valence-corrected chi connectivity index (χ0v) is 14.6. The first-order valence-corrected chi connectivity index (χ1v) is 8.72. The van der Waals surface area contributed by atoms with E-state index in [0.717, 1.165) is 33.1 Å². The third-order valence-corrected chi connectivity index (χ3v) is 4.73. The number of amides is 1. The Labute approximate surface area is 145 Å². The third-order valence-electron chi connectivity index (χ3n) is 3.82. The highest BCUT2D eigenvalue weighted by Gasteiger charge is 2.10. The molecule has 0 bridgehead atoms. The van der Waals surface area contributed by atoms with Crippen LogP contribution in [0.3, 0.4) is 0 Å². The molecule has 0 spiro atoms. The predicted molar refractivity (Wildman–Crippen MR) is 98.2 cm³/mol. The van der Waals surface area contributed by atoms with E-state index >= 15 is 0 Å². The maximum absolute atomic E-state index is 12.2. The number of aryl methyl sites for hydroxylation is 3. The lowest BCUT2D eigenvalue weighted by atomic mass is 10.1. The molecule has 3 aromatic rings. The van der Waals surface area contributed by atoms with Crippen LogP contribution in [-0.2, 0) is 11.2 Å². The molecule has 1 aromatic carbocycles. The Bertz CT molecular complexity index is 823. The topological polar surface area (TPSA) is 54.9 Å². The van der Waals surface area contributed by atoms with Gasteiger partial charge >= 0.3 is 0 Å². The Morgan fingerprint density at radius 2 is 1.96 bits per heavy atom. The van der Waals surface area contributed by atoms with E-state index in [1.807, 2.05) is 49.6 Å². The number of nitrogens with one attached hydrogen (secondary N) is 1. The van der Waals surface area contributed by atoms with Crippen LogP contribution in [0.1, 0.15) is 22.6 Å². The number of benzene rings is 1. The summed E-state index contributed by atoms with van der Waals surface area (Å²) in [6.45, 7) is 4.01. The van der Waals surface area contributed by atoms with Gasteiger partial charge in [0, 0.05) is 41.9 Å². The van der Waals surface area contributed by atoms with Crippen molar-refractivity contribution < 1.29 is 4.79 Å². The summed E-state index contributed by atoms with van der Waals surface area (Å²) >= 11 is 1.58. The molecule has 0 saturated carbocycles. The molecule has 3 rings (SSSR count). The minimum atomic E-state index is 0.0190. The van der Waals surface area contributed by atoms with Gasteiger partial charge in [-0.25, -0.2) is 4.98 Å². The molecule has 122 valence electrons. The van der Waals surface area contributed by atoms with Crippen molar-refractivity contribution in [2.45, 2.75) is 26.7 Å². The second-order valence-electron chi connectivity index (χ2n) is 5.68. The van der Waals surface area contributed by atoms with Crippen LogP contribution in [0, 0.1) is 13.8 Å². The lowest BCUT2D eigenvalue weighted by molar-refractivity contribution is -0.116. The number of hydrogen-bond acceptors (Lipinski definition) is 4. The van der Waals surface area contributed by atoms with Gasteiger partial charge in [-0.3, -0.25) is 9.78 Å². The fourth-order valence-corrected chi connectivity index (χ4v) is 3.31. The molecule has 24 heavy (non-hydrogen) atoms. The fraction of sp³-hybridized carbons (Fsp3) is 0.211. The van der Waals surface area contributed by atoms with E-state index in [1.165, 1.54) is 0 Å². The highest BCUT2D eigenvalue weighted by Crippen LogP contribution is 2.23. The van der Waals surface area contributed by atoms with Crippen LogP contribution in [0.2, 0.25) is 0 Å². The monoisotopic (exact) mass is 337 g/mol. The number of carbonyl (C=O) groups excluding carboxylic acids is 1. The Balaban J connectivity index is 1.60. The van der Waals surface area contributed by atoms with Crippen LogP contribution < -0.4 is 5.32 Å². The molecule has 0 radical (unpaired) electrons. The second-order valence-corrected chi connectivity index (χ2v) is 6.63. The molecule has 0 aliphatic heterocycles. The van der Waals surface area contributed by atoms with E-state index in [4.69, 9.17) is 0 Å². The van der Waals surface area contributed by atoms with Crippen molar-refractivity contribution in [3.8, 4) is 11.3 Å². The van der Waals surface area contributed by atoms with Gasteiger partial charge in [0.25, 0.3) is 0 Å². The first-order chi connectivity index (χ1) is 11.6. The summed E-state index contributed by atoms with van der Waals surface area (Å²) in [4.78, 5) is 20.9. The number of anilines is 1. The molecule has 0 saturated heterocycles. The number of rotatable bonds is 5. The van der Waals surface area contributed by atoms with Gasteiger partial charge in [0.1, 0.15) is 0 Å². The van der Waals surface area contributed by atoms with E-state index in [1.54, 1.807) is 23.7 Å². The number of thiazole rings is 1.